The fourth-order valence-electron chi connectivity index (χ4n) is 4.03. The van der Waals surface area contributed by atoms with Gasteiger partial charge in [0.1, 0.15) is 5.75 Å². The number of rotatable bonds is 8. The molecule has 1 N–H and O–H groups in total. The Kier molecular flexibility index (Phi) is 7.01. The van der Waals surface area contributed by atoms with Crippen molar-refractivity contribution >= 4 is 26.9 Å². The summed E-state index contributed by atoms with van der Waals surface area (Å²) in [6.07, 6.45) is 1.23. The van der Waals surface area contributed by atoms with Gasteiger partial charge in [-0.1, -0.05) is 12.1 Å². The Morgan fingerprint density at radius 2 is 1.97 bits per heavy atom. The number of sulfonamides is 1. The second kappa shape index (κ2) is 9.96. The highest BCUT2D eigenvalue weighted by atomic mass is 32.2. The van der Waals surface area contributed by atoms with Crippen molar-refractivity contribution in [3.05, 3.63) is 70.0 Å². The first-order valence-electron chi connectivity index (χ1n) is 10.8. The van der Waals surface area contributed by atoms with Gasteiger partial charge in [0.05, 0.1) is 36.3 Å². The molecule has 1 aliphatic heterocycles. The average Bonchev–Trinajstić information content (AvgIpc) is 3.36. The third kappa shape index (κ3) is 4.84. The Hall–Kier alpha value is -3.21. The van der Waals surface area contributed by atoms with Crippen LogP contribution in [-0.4, -0.2) is 57.2 Å². The number of hydrogen-bond acceptors (Lipinski definition) is 7. The van der Waals surface area contributed by atoms with Crippen LogP contribution in [0.15, 0.2) is 58.2 Å². The summed E-state index contributed by atoms with van der Waals surface area (Å²) in [5.41, 5.74) is 0.379. The van der Waals surface area contributed by atoms with Gasteiger partial charge in [-0.25, -0.2) is 13.2 Å². The number of pyridine rings is 1. The summed E-state index contributed by atoms with van der Waals surface area (Å²) in [6.45, 7) is 0.419. The number of carbonyl (C=O) groups is 1. The molecule has 2 heterocycles. The molecule has 0 aliphatic carbocycles. The zero-order valence-corrected chi connectivity index (χ0v) is 19.8. The number of hydrogen-bond donors (Lipinski definition) is 1. The van der Waals surface area contributed by atoms with E-state index in [1.54, 1.807) is 36.4 Å². The number of carbonyl (C=O) groups excluding carboxylic acids is 1. The molecule has 1 saturated heterocycles. The predicted molar refractivity (Wildman–Crippen MR) is 125 cm³/mol. The SMILES string of the molecule is COC(=O)c1ccccc1S(=O)(=O)N(Cc1cc2ccc(OC)cc2[nH]c1=O)C[C@H]1CCCO1. The van der Waals surface area contributed by atoms with E-state index < -0.39 is 21.6 Å². The van der Waals surface area contributed by atoms with E-state index in [9.17, 15) is 18.0 Å². The summed E-state index contributed by atoms with van der Waals surface area (Å²) >= 11 is 0. The summed E-state index contributed by atoms with van der Waals surface area (Å²) in [5.74, 6) is -0.161. The first-order chi connectivity index (χ1) is 16.3. The molecule has 3 aromatic rings. The molecular weight excluding hydrogens is 460 g/mol. The molecule has 10 heteroatoms. The minimum absolute atomic E-state index is 0.0535. The zero-order valence-electron chi connectivity index (χ0n) is 18.9. The average molecular weight is 487 g/mol. The van der Waals surface area contributed by atoms with Crippen LogP contribution < -0.4 is 10.3 Å². The number of methoxy groups -OCH3 is 2. The number of nitrogens with one attached hydrogen (secondary N) is 1. The molecule has 1 fully saturated rings. The first-order valence-corrected chi connectivity index (χ1v) is 12.3. The van der Waals surface area contributed by atoms with Gasteiger partial charge in [-0.15, -0.1) is 0 Å². The number of H-pyrrole nitrogens is 1. The zero-order chi connectivity index (χ0) is 24.3. The molecule has 1 aliphatic rings. The molecule has 4 rings (SSSR count). The molecule has 0 amide bonds. The number of fused-ring (bicyclic) bond motifs is 1. The number of esters is 1. The van der Waals surface area contributed by atoms with E-state index >= 15 is 0 Å². The van der Waals surface area contributed by atoms with Crippen molar-refractivity contribution in [2.75, 3.05) is 27.4 Å². The molecule has 0 saturated carbocycles. The van der Waals surface area contributed by atoms with E-state index in [0.29, 0.717) is 24.3 Å². The summed E-state index contributed by atoms with van der Waals surface area (Å²) in [5, 5.41) is 0.736. The second-order valence-corrected chi connectivity index (χ2v) is 9.90. The topological polar surface area (TPSA) is 115 Å². The highest BCUT2D eigenvalue weighted by Gasteiger charge is 2.33. The van der Waals surface area contributed by atoms with Gasteiger partial charge in [0.15, 0.2) is 0 Å². The second-order valence-electron chi connectivity index (χ2n) is 8.00. The Morgan fingerprint density at radius 1 is 1.18 bits per heavy atom. The van der Waals surface area contributed by atoms with Gasteiger partial charge >= 0.3 is 5.97 Å². The lowest BCUT2D eigenvalue weighted by Gasteiger charge is -2.25. The van der Waals surface area contributed by atoms with Gasteiger partial charge in [-0.2, -0.15) is 4.31 Å². The third-order valence-electron chi connectivity index (χ3n) is 5.82. The summed E-state index contributed by atoms with van der Waals surface area (Å²) in [4.78, 5) is 27.8. The molecule has 2 aromatic carbocycles. The standard InChI is InChI=1S/C24H26N2O7S/c1-31-18-10-9-16-12-17(23(27)25-21(16)13-18)14-26(15-19-6-5-11-33-19)34(29,30)22-8-4-3-7-20(22)24(28)32-2/h3-4,7-10,12-13,19H,5-6,11,14-15H2,1-2H3,(H,25,27)/t19-/m1/s1. The molecule has 180 valence electrons. The van der Waals surface area contributed by atoms with Crippen LogP contribution in [0.3, 0.4) is 0 Å². The van der Waals surface area contributed by atoms with Crippen molar-refractivity contribution in [1.82, 2.24) is 9.29 Å². The number of benzene rings is 2. The minimum atomic E-state index is -4.17. The normalized spacial score (nSPS) is 16.1. The van der Waals surface area contributed by atoms with Crippen LogP contribution in [0, 0.1) is 0 Å². The van der Waals surface area contributed by atoms with Gasteiger partial charge in [0.25, 0.3) is 5.56 Å². The van der Waals surface area contributed by atoms with Crippen LogP contribution in [0.1, 0.15) is 28.8 Å². The van der Waals surface area contributed by atoms with Gasteiger partial charge in [0.2, 0.25) is 10.0 Å². The van der Waals surface area contributed by atoms with Gasteiger partial charge in [-0.05, 0) is 48.6 Å². The van der Waals surface area contributed by atoms with Crippen molar-refractivity contribution in [3.8, 4) is 5.75 Å². The van der Waals surface area contributed by atoms with E-state index in [4.69, 9.17) is 14.2 Å². The molecular formula is C24H26N2O7S. The van der Waals surface area contributed by atoms with Crippen LogP contribution in [0.25, 0.3) is 10.9 Å². The lowest BCUT2D eigenvalue weighted by atomic mass is 10.1. The van der Waals surface area contributed by atoms with Gasteiger partial charge in [0, 0.05) is 31.3 Å². The highest BCUT2D eigenvalue weighted by Crippen LogP contribution is 2.26. The molecule has 34 heavy (non-hydrogen) atoms. The highest BCUT2D eigenvalue weighted by molar-refractivity contribution is 7.89. The maximum Gasteiger partial charge on any atom is 0.339 e. The van der Waals surface area contributed by atoms with Crippen LogP contribution >= 0.6 is 0 Å². The molecule has 0 bridgehead atoms. The van der Waals surface area contributed by atoms with E-state index in [-0.39, 0.29) is 35.2 Å². The van der Waals surface area contributed by atoms with Crippen molar-refractivity contribution in [1.29, 1.82) is 0 Å². The van der Waals surface area contributed by atoms with Crippen LogP contribution in [0.5, 0.6) is 5.75 Å². The van der Waals surface area contributed by atoms with E-state index in [0.717, 1.165) is 11.8 Å². The predicted octanol–water partition coefficient (Wildman–Crippen LogP) is 2.69. The Bertz CT molecular complexity index is 1360. The van der Waals surface area contributed by atoms with E-state index in [2.05, 4.69) is 4.98 Å². The van der Waals surface area contributed by atoms with E-state index in [1.165, 1.54) is 30.7 Å². The molecule has 0 radical (unpaired) electrons. The third-order valence-corrected chi connectivity index (χ3v) is 7.69. The summed E-state index contributed by atoms with van der Waals surface area (Å²) < 4.78 is 44.4. The Balaban J connectivity index is 1.76. The maximum absolute atomic E-state index is 13.8. The fourth-order valence-corrected chi connectivity index (χ4v) is 5.66. The number of aromatic amines is 1. The summed E-state index contributed by atoms with van der Waals surface area (Å²) in [6, 6.07) is 12.8. The molecule has 9 nitrogen and oxygen atoms in total. The smallest absolute Gasteiger partial charge is 0.339 e. The van der Waals surface area contributed by atoms with Gasteiger partial charge < -0.3 is 19.2 Å². The maximum atomic E-state index is 13.8. The quantitative estimate of drug-likeness (QED) is 0.487. The first kappa shape index (κ1) is 23.9. The Labute approximate surface area is 197 Å². The van der Waals surface area contributed by atoms with E-state index in [1.807, 2.05) is 0 Å². The minimum Gasteiger partial charge on any atom is -0.497 e. The lowest BCUT2D eigenvalue weighted by molar-refractivity contribution is 0.0596. The molecule has 0 spiro atoms. The monoisotopic (exact) mass is 486 g/mol. The van der Waals surface area contributed by atoms with Crippen LogP contribution in [-0.2, 0) is 26.0 Å². The molecule has 1 aromatic heterocycles. The van der Waals surface area contributed by atoms with Gasteiger partial charge in [-0.3, -0.25) is 4.79 Å². The van der Waals surface area contributed by atoms with Crippen molar-refractivity contribution in [3.63, 3.8) is 0 Å². The Morgan fingerprint density at radius 3 is 2.68 bits per heavy atom. The lowest BCUT2D eigenvalue weighted by Crippen LogP contribution is -2.39. The number of nitrogens with zero attached hydrogens (tertiary/aromatic N) is 1. The van der Waals surface area contributed by atoms with Crippen molar-refractivity contribution in [2.45, 2.75) is 30.4 Å². The molecule has 0 unspecified atom stereocenters. The number of aromatic nitrogens is 1. The molecule has 1 atom stereocenters. The van der Waals surface area contributed by atoms with Crippen molar-refractivity contribution in [2.24, 2.45) is 0 Å². The fraction of sp³-hybridized carbons (Fsp3) is 0.333. The number of ether oxygens (including phenoxy) is 3. The van der Waals surface area contributed by atoms with Crippen LogP contribution in [0.2, 0.25) is 0 Å². The largest absolute Gasteiger partial charge is 0.497 e. The summed E-state index contributed by atoms with van der Waals surface area (Å²) in [7, 11) is -1.44. The van der Waals surface area contributed by atoms with Crippen LogP contribution in [0.4, 0.5) is 0 Å². The van der Waals surface area contributed by atoms with Crippen molar-refractivity contribution < 1.29 is 27.4 Å².